The van der Waals surface area contributed by atoms with Crippen molar-refractivity contribution in [1.82, 2.24) is 0 Å². The van der Waals surface area contributed by atoms with E-state index in [1.165, 1.54) is 11.1 Å². The molecule has 1 heterocycles. The normalized spacial score (nSPS) is 14.1. The molecule has 3 aromatic rings. The summed E-state index contributed by atoms with van der Waals surface area (Å²) in [7, 11) is 0. The summed E-state index contributed by atoms with van der Waals surface area (Å²) in [5, 5.41) is 2.01. The maximum absolute atomic E-state index is 4.64. The van der Waals surface area contributed by atoms with Crippen LogP contribution >= 0.6 is 0 Å². The van der Waals surface area contributed by atoms with Crippen LogP contribution in [0, 0.1) is 0 Å². The Morgan fingerprint density at radius 3 is 1.89 bits per heavy atom. The van der Waals surface area contributed by atoms with Crippen molar-refractivity contribution in [3.8, 4) is 0 Å². The number of anilines is 1. The number of rotatable bonds is 2. The smallest absolute Gasteiger partial charge is 0.596 e. The predicted molar refractivity (Wildman–Crippen MR) is 114 cm³/mol. The van der Waals surface area contributed by atoms with Crippen molar-refractivity contribution >= 4 is 11.3 Å². The van der Waals surface area contributed by atoms with Gasteiger partial charge in [0.15, 0.2) is 0 Å². The number of hydrogen-bond acceptors (Lipinski definition) is 1. The van der Waals surface area contributed by atoms with Gasteiger partial charge in [0.1, 0.15) is 0 Å². The molecule has 0 radical (unpaired) electrons. The maximum Gasteiger partial charge on any atom is 2.00 e. The van der Waals surface area contributed by atoms with Gasteiger partial charge < -0.3 is 10.4 Å². The Balaban J connectivity index is 0.000000329. The Morgan fingerprint density at radius 2 is 1.32 bits per heavy atom. The SMILES string of the molecule is C1=CC(=C2C(c3ccccc3)=C[N-]N2c2ccccc2)C=C1.[Fe+2].c1cc[cH-]c1. The van der Waals surface area contributed by atoms with Gasteiger partial charge >= 0.3 is 17.1 Å². The first-order chi connectivity index (χ1) is 13.4. The van der Waals surface area contributed by atoms with Gasteiger partial charge in [-0.3, -0.25) is 0 Å². The van der Waals surface area contributed by atoms with E-state index in [1.807, 2.05) is 65.8 Å². The van der Waals surface area contributed by atoms with Gasteiger partial charge in [-0.2, -0.15) is 24.4 Å². The molecule has 0 amide bonds. The molecule has 0 bridgehead atoms. The van der Waals surface area contributed by atoms with Gasteiger partial charge in [0, 0.05) is 11.4 Å². The molecule has 0 saturated heterocycles. The molecule has 0 aromatic heterocycles. The van der Waals surface area contributed by atoms with Crippen molar-refractivity contribution in [3.63, 3.8) is 0 Å². The zero-order valence-electron chi connectivity index (χ0n) is 15.3. The maximum atomic E-state index is 4.64. The first-order valence-electron chi connectivity index (χ1n) is 9.01. The van der Waals surface area contributed by atoms with Crippen molar-refractivity contribution in [2.45, 2.75) is 0 Å². The fourth-order valence-electron chi connectivity index (χ4n) is 3.07. The van der Waals surface area contributed by atoms with Crippen molar-refractivity contribution < 1.29 is 17.1 Å². The zero-order valence-corrected chi connectivity index (χ0v) is 16.4. The summed E-state index contributed by atoms with van der Waals surface area (Å²) in [4.78, 5) is 0. The Kier molecular flexibility index (Phi) is 6.80. The summed E-state index contributed by atoms with van der Waals surface area (Å²) in [6.07, 6.45) is 10.3. The zero-order chi connectivity index (χ0) is 18.3. The van der Waals surface area contributed by atoms with E-state index in [1.54, 1.807) is 0 Å². The Hall–Kier alpha value is -3.13. The molecular formula is C25H20FeN2. The molecule has 0 atom stereocenters. The molecule has 0 fully saturated rings. The van der Waals surface area contributed by atoms with E-state index < -0.39 is 0 Å². The molecule has 0 spiro atoms. The first-order valence-corrected chi connectivity index (χ1v) is 9.01. The van der Waals surface area contributed by atoms with E-state index >= 15 is 0 Å². The average molecular weight is 404 g/mol. The van der Waals surface area contributed by atoms with Crippen molar-refractivity contribution in [2.24, 2.45) is 0 Å². The quantitative estimate of drug-likeness (QED) is 0.347. The van der Waals surface area contributed by atoms with Gasteiger partial charge in [-0.05, 0) is 28.8 Å². The van der Waals surface area contributed by atoms with E-state index in [2.05, 4.69) is 66.1 Å². The number of hydrogen-bond donors (Lipinski definition) is 0. The van der Waals surface area contributed by atoms with Gasteiger partial charge in [0.05, 0.1) is 0 Å². The van der Waals surface area contributed by atoms with Crippen LogP contribution in [0.3, 0.4) is 0 Å². The van der Waals surface area contributed by atoms with Crippen LogP contribution in [0.25, 0.3) is 11.0 Å². The Morgan fingerprint density at radius 1 is 0.714 bits per heavy atom. The Labute approximate surface area is 177 Å². The van der Waals surface area contributed by atoms with Gasteiger partial charge in [-0.15, -0.1) is 0 Å². The number of para-hydroxylation sites is 1. The molecular weight excluding hydrogens is 384 g/mol. The molecule has 28 heavy (non-hydrogen) atoms. The second-order valence-corrected chi connectivity index (χ2v) is 6.16. The number of allylic oxidation sites excluding steroid dienone is 6. The van der Waals surface area contributed by atoms with E-state index in [0.717, 1.165) is 17.0 Å². The van der Waals surface area contributed by atoms with Crippen LogP contribution in [0.1, 0.15) is 5.56 Å². The minimum absolute atomic E-state index is 0. The van der Waals surface area contributed by atoms with Crippen LogP contribution in [-0.4, -0.2) is 0 Å². The summed E-state index contributed by atoms with van der Waals surface area (Å²) in [5.74, 6) is 0. The molecule has 1 aliphatic carbocycles. The largest absolute Gasteiger partial charge is 2.00 e. The van der Waals surface area contributed by atoms with Crippen LogP contribution in [0.4, 0.5) is 5.69 Å². The van der Waals surface area contributed by atoms with Crippen LogP contribution < -0.4 is 5.01 Å². The molecule has 2 nitrogen and oxygen atoms in total. The molecule has 3 aromatic carbocycles. The van der Waals surface area contributed by atoms with Gasteiger partial charge in [0.25, 0.3) is 0 Å². The third kappa shape index (κ3) is 4.40. The van der Waals surface area contributed by atoms with E-state index in [4.69, 9.17) is 0 Å². The van der Waals surface area contributed by atoms with Crippen LogP contribution in [0.15, 0.2) is 133 Å². The summed E-state index contributed by atoms with van der Waals surface area (Å²) < 4.78 is 0. The molecule has 138 valence electrons. The molecule has 0 saturated carbocycles. The fourth-order valence-corrected chi connectivity index (χ4v) is 3.07. The second-order valence-electron chi connectivity index (χ2n) is 6.16. The molecule has 5 rings (SSSR count). The van der Waals surface area contributed by atoms with Crippen molar-refractivity contribution in [3.05, 3.63) is 144 Å². The van der Waals surface area contributed by atoms with Crippen LogP contribution in [0.2, 0.25) is 0 Å². The number of nitrogens with zero attached hydrogens (tertiary/aromatic N) is 2. The van der Waals surface area contributed by atoms with Gasteiger partial charge in [-0.1, -0.05) is 72.8 Å². The topological polar surface area (TPSA) is 17.3 Å². The summed E-state index contributed by atoms with van der Waals surface area (Å²) >= 11 is 0. The predicted octanol–water partition coefficient (Wildman–Crippen LogP) is 6.62. The monoisotopic (exact) mass is 404 g/mol. The summed E-state index contributed by atoms with van der Waals surface area (Å²) in [6, 6.07) is 30.6. The minimum Gasteiger partial charge on any atom is -0.596 e. The minimum atomic E-state index is 0. The second kappa shape index (κ2) is 9.70. The Bertz CT molecular complexity index is 950. The van der Waals surface area contributed by atoms with Crippen LogP contribution in [0.5, 0.6) is 0 Å². The fraction of sp³-hybridized carbons (Fsp3) is 0. The molecule has 0 N–H and O–H groups in total. The molecule has 0 unspecified atom stereocenters. The molecule has 3 heteroatoms. The average Bonchev–Trinajstić information content (AvgIpc) is 3.52. The van der Waals surface area contributed by atoms with E-state index in [9.17, 15) is 0 Å². The van der Waals surface area contributed by atoms with Gasteiger partial charge in [0.2, 0.25) is 0 Å². The van der Waals surface area contributed by atoms with E-state index in [0.29, 0.717) is 0 Å². The first kappa shape index (κ1) is 19.6. The van der Waals surface area contributed by atoms with E-state index in [-0.39, 0.29) is 17.1 Å². The third-order valence-electron chi connectivity index (χ3n) is 4.35. The van der Waals surface area contributed by atoms with Crippen LogP contribution in [-0.2, 0) is 17.1 Å². The summed E-state index contributed by atoms with van der Waals surface area (Å²) in [6.45, 7) is 0. The van der Waals surface area contributed by atoms with Crippen molar-refractivity contribution in [1.29, 1.82) is 0 Å². The third-order valence-corrected chi connectivity index (χ3v) is 4.35. The van der Waals surface area contributed by atoms with Gasteiger partial charge in [-0.25, -0.2) is 12.1 Å². The molecule has 1 aliphatic heterocycles. The summed E-state index contributed by atoms with van der Waals surface area (Å²) in [5.41, 5.74) is 10.3. The molecule has 2 aliphatic rings. The standard InChI is InChI=1S/C20H15N2.C5H5.Fe/c1-3-9-16(10-4-1)19-15-21-22(18-13-5-2-6-14-18)20(19)17-11-7-8-12-17;1-2-4-5-3-1;/h1-15H;1-5H;/q2*-1;+2. The van der Waals surface area contributed by atoms with Crippen molar-refractivity contribution in [2.75, 3.05) is 5.01 Å². The number of benzene rings is 2.